The van der Waals surface area contributed by atoms with Gasteiger partial charge in [-0.15, -0.1) is 0 Å². The maximum absolute atomic E-state index is 5.31. The molecular formula is C30H30N4O. The largest absolute Gasteiger partial charge is 0.497 e. The highest BCUT2D eigenvalue weighted by molar-refractivity contribution is 6.09. The maximum atomic E-state index is 5.31. The molecule has 5 heteroatoms. The second-order valence-electron chi connectivity index (χ2n) is 8.96. The first-order valence-electron chi connectivity index (χ1n) is 11.7. The molecule has 35 heavy (non-hydrogen) atoms. The summed E-state index contributed by atoms with van der Waals surface area (Å²) in [5.74, 6) is 0.851. The van der Waals surface area contributed by atoms with Crippen molar-refractivity contribution in [3.8, 4) is 5.75 Å². The van der Waals surface area contributed by atoms with Crippen LogP contribution in [0.2, 0.25) is 0 Å². The van der Waals surface area contributed by atoms with Crippen LogP contribution in [-0.4, -0.2) is 33.2 Å². The Labute approximate surface area is 206 Å². The Morgan fingerprint density at radius 1 is 0.771 bits per heavy atom. The summed E-state index contributed by atoms with van der Waals surface area (Å²) >= 11 is 0. The number of pyridine rings is 1. The lowest BCUT2D eigenvalue weighted by Crippen LogP contribution is -2.17. The van der Waals surface area contributed by atoms with Crippen molar-refractivity contribution in [2.75, 3.05) is 43.4 Å². The molecule has 0 saturated heterocycles. The van der Waals surface area contributed by atoms with Gasteiger partial charge in [-0.1, -0.05) is 36.4 Å². The summed E-state index contributed by atoms with van der Waals surface area (Å²) in [6, 6.07) is 31.5. The van der Waals surface area contributed by atoms with Gasteiger partial charge >= 0.3 is 0 Å². The van der Waals surface area contributed by atoms with Crippen LogP contribution in [0.1, 0.15) is 5.69 Å². The van der Waals surface area contributed by atoms with Gasteiger partial charge in [0.1, 0.15) is 5.75 Å². The van der Waals surface area contributed by atoms with E-state index < -0.39 is 0 Å². The summed E-state index contributed by atoms with van der Waals surface area (Å²) in [6.45, 7) is 0.680. The summed E-state index contributed by atoms with van der Waals surface area (Å²) < 4.78 is 5.31. The predicted octanol–water partition coefficient (Wildman–Crippen LogP) is 6.84. The fraction of sp³-hybridized carbons (Fsp3) is 0.167. The number of anilines is 4. The quantitative estimate of drug-likeness (QED) is 0.268. The van der Waals surface area contributed by atoms with E-state index in [0.29, 0.717) is 6.54 Å². The molecule has 0 aliphatic heterocycles. The van der Waals surface area contributed by atoms with Crippen molar-refractivity contribution in [1.82, 2.24) is 4.98 Å². The van der Waals surface area contributed by atoms with Crippen LogP contribution in [0, 0.1) is 0 Å². The second kappa shape index (κ2) is 9.55. The number of hydrogen-bond acceptors (Lipinski definition) is 5. The van der Waals surface area contributed by atoms with Gasteiger partial charge in [-0.25, -0.2) is 0 Å². The van der Waals surface area contributed by atoms with Crippen molar-refractivity contribution in [1.29, 1.82) is 0 Å². The molecule has 4 aromatic carbocycles. The van der Waals surface area contributed by atoms with Gasteiger partial charge < -0.3 is 19.9 Å². The molecule has 5 aromatic rings. The fourth-order valence-corrected chi connectivity index (χ4v) is 4.37. The van der Waals surface area contributed by atoms with E-state index in [2.05, 4.69) is 115 Å². The Morgan fingerprint density at radius 2 is 1.49 bits per heavy atom. The van der Waals surface area contributed by atoms with Gasteiger partial charge in [0.15, 0.2) is 0 Å². The van der Waals surface area contributed by atoms with Gasteiger partial charge in [-0.2, -0.15) is 0 Å². The zero-order valence-electron chi connectivity index (χ0n) is 20.6. The lowest BCUT2D eigenvalue weighted by atomic mass is 10.0. The van der Waals surface area contributed by atoms with Crippen LogP contribution in [0.3, 0.4) is 0 Å². The second-order valence-corrected chi connectivity index (χ2v) is 8.96. The Kier molecular flexibility index (Phi) is 6.15. The zero-order valence-corrected chi connectivity index (χ0v) is 20.6. The van der Waals surface area contributed by atoms with Gasteiger partial charge in [-0.3, -0.25) is 4.98 Å². The zero-order chi connectivity index (χ0) is 24.4. The molecule has 0 aliphatic carbocycles. The van der Waals surface area contributed by atoms with Gasteiger partial charge in [-0.05, 0) is 60.0 Å². The Balaban J connectivity index is 1.56. The molecule has 176 valence electrons. The lowest BCUT2D eigenvalue weighted by molar-refractivity contribution is 0.415. The average molecular weight is 463 g/mol. The number of nitrogens with one attached hydrogen (secondary N) is 1. The van der Waals surface area contributed by atoms with E-state index in [1.165, 1.54) is 11.1 Å². The number of hydrogen-bond donors (Lipinski definition) is 1. The number of benzene rings is 4. The predicted molar refractivity (Wildman–Crippen MR) is 148 cm³/mol. The van der Waals surface area contributed by atoms with Gasteiger partial charge in [0.05, 0.1) is 24.9 Å². The normalized spacial score (nSPS) is 11.0. The molecule has 0 aliphatic rings. The monoisotopic (exact) mass is 462 g/mol. The summed E-state index contributed by atoms with van der Waals surface area (Å²) in [4.78, 5) is 9.43. The molecule has 0 amide bonds. The smallest absolute Gasteiger partial charge is 0.119 e. The third kappa shape index (κ3) is 4.71. The van der Waals surface area contributed by atoms with Crippen LogP contribution in [0.15, 0.2) is 91.0 Å². The number of ether oxygens (including phenoxy) is 1. The first-order valence-corrected chi connectivity index (χ1v) is 11.7. The number of methoxy groups -OCH3 is 1. The summed E-state index contributed by atoms with van der Waals surface area (Å²) in [5.41, 5.74) is 6.39. The lowest BCUT2D eigenvalue weighted by Gasteiger charge is -2.21. The third-order valence-corrected chi connectivity index (χ3v) is 6.33. The van der Waals surface area contributed by atoms with E-state index in [1.54, 1.807) is 7.11 Å². The van der Waals surface area contributed by atoms with Crippen LogP contribution >= 0.6 is 0 Å². The summed E-state index contributed by atoms with van der Waals surface area (Å²) in [5, 5.41) is 7.11. The average Bonchev–Trinajstić information content (AvgIpc) is 2.89. The van der Waals surface area contributed by atoms with E-state index in [9.17, 15) is 0 Å². The topological polar surface area (TPSA) is 40.6 Å². The first-order chi connectivity index (χ1) is 17.0. The van der Waals surface area contributed by atoms with Crippen molar-refractivity contribution in [2.24, 2.45) is 0 Å². The van der Waals surface area contributed by atoms with Crippen LogP contribution in [0.5, 0.6) is 5.75 Å². The van der Waals surface area contributed by atoms with E-state index in [1.807, 2.05) is 12.1 Å². The molecule has 0 spiro atoms. The van der Waals surface area contributed by atoms with Crippen LogP contribution in [-0.2, 0) is 6.54 Å². The molecule has 1 heterocycles. The molecule has 5 nitrogen and oxygen atoms in total. The van der Waals surface area contributed by atoms with Crippen molar-refractivity contribution >= 4 is 44.4 Å². The number of nitrogens with zero attached hydrogens (tertiary/aromatic N) is 3. The van der Waals surface area contributed by atoms with Crippen LogP contribution in [0.25, 0.3) is 21.7 Å². The van der Waals surface area contributed by atoms with E-state index in [4.69, 9.17) is 9.72 Å². The molecule has 1 N–H and O–H groups in total. The highest BCUT2D eigenvalue weighted by atomic mass is 16.5. The fourth-order valence-electron chi connectivity index (χ4n) is 4.37. The van der Waals surface area contributed by atoms with Crippen molar-refractivity contribution in [3.05, 3.63) is 96.7 Å². The molecule has 1 aromatic heterocycles. The minimum atomic E-state index is 0.680. The van der Waals surface area contributed by atoms with Gasteiger partial charge in [0.25, 0.3) is 0 Å². The molecule has 5 rings (SSSR count). The summed E-state index contributed by atoms with van der Waals surface area (Å²) in [7, 11) is 7.87. The number of rotatable bonds is 7. The van der Waals surface area contributed by atoms with E-state index in [0.717, 1.165) is 44.8 Å². The first kappa shape index (κ1) is 22.5. The minimum absolute atomic E-state index is 0.680. The molecular weight excluding hydrogens is 432 g/mol. The standard InChI is InChI=1S/C30H30N4O/c1-33(2)24-12-10-22(11-13-24)31-29-19-23(20-34(3)25-14-16-26(35-4)17-15-25)32-30-27-8-6-5-7-21(27)9-18-28(29)30/h5-19H,20H2,1-4H3,(H,31,32). The van der Waals surface area contributed by atoms with Crippen LogP contribution < -0.4 is 19.9 Å². The Morgan fingerprint density at radius 3 is 2.20 bits per heavy atom. The number of aromatic nitrogens is 1. The van der Waals surface area contributed by atoms with Gasteiger partial charge in [0.2, 0.25) is 0 Å². The molecule has 0 unspecified atom stereocenters. The highest BCUT2D eigenvalue weighted by Crippen LogP contribution is 2.32. The van der Waals surface area contributed by atoms with Gasteiger partial charge in [0, 0.05) is 54.7 Å². The molecule has 0 atom stereocenters. The number of fused-ring (bicyclic) bond motifs is 3. The summed E-state index contributed by atoms with van der Waals surface area (Å²) in [6.07, 6.45) is 0. The molecule has 0 fully saturated rings. The molecule has 0 radical (unpaired) electrons. The highest BCUT2D eigenvalue weighted by Gasteiger charge is 2.12. The van der Waals surface area contributed by atoms with E-state index >= 15 is 0 Å². The Bertz CT molecular complexity index is 1460. The van der Waals surface area contributed by atoms with E-state index in [-0.39, 0.29) is 0 Å². The SMILES string of the molecule is COc1ccc(N(C)Cc2cc(Nc3ccc(N(C)C)cc3)c3ccc4ccccc4c3n2)cc1. The minimum Gasteiger partial charge on any atom is -0.497 e. The molecule has 0 bridgehead atoms. The maximum Gasteiger partial charge on any atom is 0.119 e. The Hall–Kier alpha value is -4.25. The third-order valence-electron chi connectivity index (χ3n) is 6.33. The molecule has 0 saturated carbocycles. The van der Waals surface area contributed by atoms with Crippen molar-refractivity contribution < 1.29 is 4.74 Å². The van der Waals surface area contributed by atoms with Crippen LogP contribution in [0.4, 0.5) is 22.7 Å². The van der Waals surface area contributed by atoms with Crippen molar-refractivity contribution in [2.45, 2.75) is 6.54 Å². The van der Waals surface area contributed by atoms with Crippen molar-refractivity contribution in [3.63, 3.8) is 0 Å².